The predicted molar refractivity (Wildman–Crippen MR) is 133 cm³/mol. The van der Waals surface area contributed by atoms with Crippen molar-refractivity contribution in [2.24, 2.45) is 0 Å². The third-order valence-electron chi connectivity index (χ3n) is 5.31. The van der Waals surface area contributed by atoms with E-state index >= 15 is 0 Å². The van der Waals surface area contributed by atoms with Gasteiger partial charge in [0.1, 0.15) is 0 Å². The van der Waals surface area contributed by atoms with Gasteiger partial charge in [0.05, 0.1) is 29.8 Å². The molecule has 35 heavy (non-hydrogen) atoms. The van der Waals surface area contributed by atoms with Crippen molar-refractivity contribution < 1.29 is 28.6 Å². The molecule has 0 spiro atoms. The van der Waals surface area contributed by atoms with Gasteiger partial charge in [0.15, 0.2) is 17.6 Å². The number of carbonyl (C=O) groups excluding carboxylic acids is 3. The molecule has 0 bridgehead atoms. The first-order valence-electron chi connectivity index (χ1n) is 11.1. The van der Waals surface area contributed by atoms with Crippen LogP contribution in [-0.4, -0.2) is 37.7 Å². The first-order valence-corrected chi connectivity index (χ1v) is 11.9. The number of benzene rings is 2. The summed E-state index contributed by atoms with van der Waals surface area (Å²) >= 11 is 3.47. The zero-order chi connectivity index (χ0) is 25.5. The Labute approximate surface area is 212 Å². The van der Waals surface area contributed by atoms with Crippen molar-refractivity contribution in [3.8, 4) is 11.5 Å². The van der Waals surface area contributed by atoms with Crippen molar-refractivity contribution in [2.75, 3.05) is 13.7 Å². The van der Waals surface area contributed by atoms with Crippen molar-refractivity contribution in [1.82, 2.24) is 16.0 Å². The molecule has 1 heterocycles. The fourth-order valence-corrected chi connectivity index (χ4v) is 4.18. The van der Waals surface area contributed by atoms with Crippen LogP contribution in [0.4, 0.5) is 4.79 Å². The van der Waals surface area contributed by atoms with Gasteiger partial charge in [0, 0.05) is 12.2 Å². The van der Waals surface area contributed by atoms with Crippen LogP contribution in [0.25, 0.3) is 0 Å². The number of urea groups is 1. The van der Waals surface area contributed by atoms with Crippen LogP contribution in [0.2, 0.25) is 0 Å². The average molecular weight is 546 g/mol. The number of ether oxygens (including phenoxy) is 3. The molecule has 0 aliphatic carbocycles. The molecule has 0 saturated carbocycles. The zero-order valence-electron chi connectivity index (χ0n) is 19.9. The van der Waals surface area contributed by atoms with Crippen molar-refractivity contribution in [1.29, 1.82) is 0 Å². The predicted octanol–water partition coefficient (Wildman–Crippen LogP) is 3.73. The van der Waals surface area contributed by atoms with Crippen LogP contribution in [0.5, 0.6) is 11.5 Å². The maximum atomic E-state index is 13.2. The lowest BCUT2D eigenvalue weighted by atomic mass is 9.94. The third-order valence-corrected chi connectivity index (χ3v) is 5.90. The topological polar surface area (TPSA) is 115 Å². The number of nitrogens with one attached hydrogen (secondary N) is 3. The van der Waals surface area contributed by atoms with E-state index in [0.29, 0.717) is 39.4 Å². The molecule has 2 aromatic rings. The van der Waals surface area contributed by atoms with E-state index in [2.05, 4.69) is 31.9 Å². The van der Waals surface area contributed by atoms with Gasteiger partial charge in [-0.1, -0.05) is 30.3 Å². The monoisotopic (exact) mass is 545 g/mol. The van der Waals surface area contributed by atoms with Crippen LogP contribution in [0.15, 0.2) is 58.2 Å². The number of hydrogen-bond donors (Lipinski definition) is 3. The van der Waals surface area contributed by atoms with Crippen molar-refractivity contribution in [2.45, 2.75) is 39.5 Å². The van der Waals surface area contributed by atoms with Crippen molar-refractivity contribution >= 4 is 33.8 Å². The van der Waals surface area contributed by atoms with Gasteiger partial charge in [-0.2, -0.15) is 0 Å². The molecule has 2 atom stereocenters. The van der Waals surface area contributed by atoms with Crippen molar-refractivity contribution in [3.05, 3.63) is 69.3 Å². The third kappa shape index (κ3) is 6.33. The smallest absolute Gasteiger partial charge is 0.347 e. The Kier molecular flexibility index (Phi) is 8.75. The Morgan fingerprint density at radius 3 is 2.57 bits per heavy atom. The van der Waals surface area contributed by atoms with Crippen LogP contribution >= 0.6 is 15.9 Å². The fourth-order valence-electron chi connectivity index (χ4n) is 3.62. The maximum absolute atomic E-state index is 13.2. The molecule has 9 nitrogen and oxygen atoms in total. The number of halogens is 1. The van der Waals surface area contributed by atoms with E-state index in [0.717, 1.165) is 5.56 Å². The Morgan fingerprint density at radius 1 is 1.20 bits per heavy atom. The first-order chi connectivity index (χ1) is 16.7. The number of carbonyl (C=O) groups is 3. The quantitative estimate of drug-likeness (QED) is 0.413. The van der Waals surface area contributed by atoms with Gasteiger partial charge >= 0.3 is 12.0 Å². The highest BCUT2D eigenvalue weighted by Gasteiger charge is 2.32. The normalized spacial score (nSPS) is 16.0. The molecule has 2 aromatic carbocycles. The summed E-state index contributed by atoms with van der Waals surface area (Å²) in [5.74, 6) is -0.213. The molecule has 0 radical (unpaired) electrons. The van der Waals surface area contributed by atoms with Gasteiger partial charge in [0.25, 0.3) is 5.91 Å². The van der Waals surface area contributed by atoms with E-state index < -0.39 is 24.1 Å². The molecular formula is C25H28BrN3O6. The molecule has 3 amide bonds. The Bertz CT molecular complexity index is 1140. The Morgan fingerprint density at radius 2 is 1.91 bits per heavy atom. The highest BCUT2D eigenvalue weighted by Crippen LogP contribution is 2.40. The Hall–Kier alpha value is -3.53. The molecule has 1 aliphatic rings. The van der Waals surface area contributed by atoms with Crippen LogP contribution in [-0.2, 0) is 20.9 Å². The summed E-state index contributed by atoms with van der Waals surface area (Å²) in [5, 5.41) is 8.38. The maximum Gasteiger partial charge on any atom is 0.347 e. The number of esters is 1. The average Bonchev–Trinajstić information content (AvgIpc) is 2.83. The van der Waals surface area contributed by atoms with Gasteiger partial charge < -0.3 is 30.2 Å². The second kappa shape index (κ2) is 11.7. The van der Waals surface area contributed by atoms with Crippen LogP contribution in [0, 0.1) is 0 Å². The highest BCUT2D eigenvalue weighted by molar-refractivity contribution is 9.10. The summed E-state index contributed by atoms with van der Waals surface area (Å²) < 4.78 is 16.8. The van der Waals surface area contributed by atoms with E-state index in [1.165, 1.54) is 7.11 Å². The van der Waals surface area contributed by atoms with E-state index in [-0.39, 0.29) is 12.5 Å². The van der Waals surface area contributed by atoms with Crippen LogP contribution < -0.4 is 25.4 Å². The fraction of sp³-hybridized carbons (Fsp3) is 0.320. The molecule has 0 aromatic heterocycles. The van der Waals surface area contributed by atoms with Crippen LogP contribution in [0.3, 0.4) is 0 Å². The Balaban J connectivity index is 1.91. The SMILES string of the molecule is CCOC(=O)[C@H](C)Oc1c(Br)cc([C@H]2NC(=O)NC(C)=C2C(=O)NCc2ccccc2)cc1OC. The lowest BCUT2D eigenvalue weighted by Crippen LogP contribution is -2.46. The van der Waals surface area contributed by atoms with Crippen molar-refractivity contribution in [3.63, 3.8) is 0 Å². The molecule has 0 saturated heterocycles. The largest absolute Gasteiger partial charge is 0.493 e. The standard InChI is InChI=1S/C25H28BrN3O6/c1-5-34-24(31)15(3)35-22-18(26)11-17(12-19(22)33-4)21-20(14(2)28-25(32)29-21)23(30)27-13-16-9-7-6-8-10-16/h6-12,15,21H,5,13H2,1-4H3,(H,27,30)(H2,28,29,32)/t15-,21+/m0/s1. The molecule has 186 valence electrons. The van der Waals surface area contributed by atoms with Gasteiger partial charge in [-0.3, -0.25) is 4.79 Å². The second-order valence-electron chi connectivity index (χ2n) is 7.78. The summed E-state index contributed by atoms with van der Waals surface area (Å²) in [4.78, 5) is 37.5. The zero-order valence-corrected chi connectivity index (χ0v) is 21.5. The summed E-state index contributed by atoms with van der Waals surface area (Å²) in [5.41, 5.74) is 2.34. The molecule has 0 fully saturated rings. The van der Waals surface area contributed by atoms with E-state index in [1.807, 2.05) is 30.3 Å². The number of allylic oxidation sites excluding steroid dienone is 1. The molecule has 0 unspecified atom stereocenters. The number of methoxy groups -OCH3 is 1. The second-order valence-corrected chi connectivity index (χ2v) is 8.64. The summed E-state index contributed by atoms with van der Waals surface area (Å²) in [6.07, 6.45) is -0.869. The van der Waals surface area contributed by atoms with E-state index in [9.17, 15) is 14.4 Å². The molecular weight excluding hydrogens is 518 g/mol. The van der Waals surface area contributed by atoms with Gasteiger partial charge in [0.2, 0.25) is 0 Å². The first kappa shape index (κ1) is 26.1. The van der Waals surface area contributed by atoms with E-state index in [4.69, 9.17) is 14.2 Å². The summed E-state index contributed by atoms with van der Waals surface area (Å²) in [7, 11) is 1.46. The lowest BCUT2D eigenvalue weighted by molar-refractivity contribution is -0.150. The van der Waals surface area contributed by atoms with Gasteiger partial charge in [-0.05, 0) is 60.0 Å². The summed E-state index contributed by atoms with van der Waals surface area (Å²) in [6, 6.07) is 11.7. The number of hydrogen-bond acceptors (Lipinski definition) is 6. The molecule has 1 aliphatic heterocycles. The summed E-state index contributed by atoms with van der Waals surface area (Å²) in [6.45, 7) is 5.54. The lowest BCUT2D eigenvalue weighted by Gasteiger charge is -2.29. The minimum Gasteiger partial charge on any atom is -0.493 e. The van der Waals surface area contributed by atoms with Crippen LogP contribution in [0.1, 0.15) is 37.9 Å². The highest BCUT2D eigenvalue weighted by atomic mass is 79.9. The molecule has 3 rings (SSSR count). The number of rotatable bonds is 9. The number of amides is 3. The molecule has 3 N–H and O–H groups in total. The minimum atomic E-state index is -0.869. The molecule has 10 heteroatoms. The van der Waals surface area contributed by atoms with E-state index in [1.54, 1.807) is 32.9 Å². The minimum absolute atomic E-state index is 0.236. The van der Waals surface area contributed by atoms with Gasteiger partial charge in [-0.15, -0.1) is 0 Å². The van der Waals surface area contributed by atoms with Gasteiger partial charge in [-0.25, -0.2) is 9.59 Å².